The molecule has 0 saturated heterocycles. The molecule has 0 amide bonds. The Morgan fingerprint density at radius 3 is 1.79 bits per heavy atom. The molecule has 1 rings (SSSR count). The Balaban J connectivity index is 2.20. The summed E-state index contributed by atoms with van der Waals surface area (Å²) in [6.45, 7) is 5.05. The van der Waals surface area contributed by atoms with Gasteiger partial charge in [-0.25, -0.2) is 0 Å². The molecule has 0 aliphatic rings. The Morgan fingerprint density at radius 1 is 0.793 bits per heavy atom. The van der Waals surface area contributed by atoms with Crippen LogP contribution in [0, 0.1) is 0 Å². The van der Waals surface area contributed by atoms with Crippen molar-refractivity contribution in [2.24, 2.45) is 0 Å². The Morgan fingerprint density at radius 2 is 1.28 bits per heavy atom. The summed E-state index contributed by atoms with van der Waals surface area (Å²) in [5.74, 6) is 1.66. The van der Waals surface area contributed by atoms with Crippen LogP contribution >= 0.6 is 31.9 Å². The zero-order chi connectivity index (χ0) is 21.5. The summed E-state index contributed by atoms with van der Waals surface area (Å²) in [5.41, 5.74) is 0. The van der Waals surface area contributed by atoms with Crippen molar-refractivity contribution in [1.29, 1.82) is 0 Å². The molecule has 6 heteroatoms. The van der Waals surface area contributed by atoms with Crippen LogP contribution in [0.3, 0.4) is 0 Å². The number of hydrogen-bond acceptors (Lipinski definition) is 4. The van der Waals surface area contributed by atoms with Crippen LogP contribution in [0.25, 0.3) is 0 Å². The smallest absolute Gasteiger partial charge is 0.140 e. The van der Waals surface area contributed by atoms with Gasteiger partial charge < -0.3 is 9.47 Å². The average molecular weight is 534 g/mol. The Hall–Kier alpha value is -0.880. The topological polar surface area (TPSA) is 52.6 Å². The molecule has 29 heavy (non-hydrogen) atoms. The lowest BCUT2D eigenvalue weighted by Gasteiger charge is -2.13. The van der Waals surface area contributed by atoms with Crippen LogP contribution in [0.4, 0.5) is 0 Å². The van der Waals surface area contributed by atoms with Crippen LogP contribution in [0.5, 0.6) is 11.5 Å². The van der Waals surface area contributed by atoms with Gasteiger partial charge in [0.05, 0.1) is 28.6 Å². The van der Waals surface area contributed by atoms with E-state index in [-0.39, 0.29) is 18.0 Å². The fraction of sp³-hybridized carbons (Fsp3) is 0.652. The second-order valence-corrected chi connectivity index (χ2v) is 9.11. The predicted octanol–water partition coefficient (Wildman–Crippen LogP) is 7.44. The van der Waals surface area contributed by atoms with Crippen molar-refractivity contribution >= 4 is 43.4 Å². The first-order valence-electron chi connectivity index (χ1n) is 10.7. The van der Waals surface area contributed by atoms with Crippen molar-refractivity contribution in [3.63, 3.8) is 0 Å². The summed E-state index contributed by atoms with van der Waals surface area (Å²) < 4.78 is 13.6. The highest BCUT2D eigenvalue weighted by molar-refractivity contribution is 9.11. The first-order chi connectivity index (χ1) is 13.9. The minimum Gasteiger partial charge on any atom is -0.492 e. The first kappa shape index (κ1) is 26.2. The molecule has 0 bridgehead atoms. The van der Waals surface area contributed by atoms with Gasteiger partial charge in [-0.1, -0.05) is 45.4 Å². The minimum absolute atomic E-state index is 0.0449. The number of carbonyl (C=O) groups excluding carboxylic acids is 2. The van der Waals surface area contributed by atoms with Crippen molar-refractivity contribution < 1.29 is 19.1 Å². The molecule has 0 N–H and O–H groups in total. The summed E-state index contributed by atoms with van der Waals surface area (Å²) in [4.78, 5) is 22.3. The highest BCUT2D eigenvalue weighted by atomic mass is 79.9. The number of ether oxygens (including phenoxy) is 2. The molecule has 4 nitrogen and oxygen atoms in total. The molecule has 0 saturated carbocycles. The lowest BCUT2D eigenvalue weighted by molar-refractivity contribution is -0.125. The number of benzene rings is 1. The van der Waals surface area contributed by atoms with Crippen molar-refractivity contribution in [2.75, 3.05) is 13.2 Å². The van der Waals surface area contributed by atoms with E-state index in [0.717, 1.165) is 65.6 Å². The maximum atomic E-state index is 11.5. The highest BCUT2D eigenvalue weighted by Gasteiger charge is 2.09. The Labute approximate surface area is 192 Å². The average Bonchev–Trinajstić information content (AvgIpc) is 2.66. The number of Topliss-reactive ketones (excluding diaryl/α,β-unsaturated/α-hetero) is 2. The molecular formula is C23H34Br2O4. The maximum absolute atomic E-state index is 11.5. The molecule has 0 aliphatic heterocycles. The van der Waals surface area contributed by atoms with E-state index in [0.29, 0.717) is 13.0 Å². The van der Waals surface area contributed by atoms with Crippen LogP contribution in [0.1, 0.15) is 84.5 Å². The van der Waals surface area contributed by atoms with Gasteiger partial charge in [0.25, 0.3) is 0 Å². The van der Waals surface area contributed by atoms with Gasteiger partial charge in [-0.3, -0.25) is 9.59 Å². The number of unbranched alkanes of at least 4 members (excludes halogenated alkanes) is 7. The zero-order valence-corrected chi connectivity index (χ0v) is 20.9. The maximum Gasteiger partial charge on any atom is 0.140 e. The second-order valence-electron chi connectivity index (χ2n) is 7.41. The number of rotatable bonds is 17. The normalized spacial score (nSPS) is 10.8. The fourth-order valence-electron chi connectivity index (χ4n) is 2.95. The Bertz CT molecular complexity index is 632. The van der Waals surface area contributed by atoms with Gasteiger partial charge >= 0.3 is 0 Å². The zero-order valence-electron chi connectivity index (χ0n) is 17.7. The first-order valence-corrected chi connectivity index (χ1v) is 12.3. The van der Waals surface area contributed by atoms with Crippen LogP contribution < -0.4 is 9.47 Å². The molecule has 1 aromatic carbocycles. The van der Waals surface area contributed by atoms with Crippen molar-refractivity contribution in [1.82, 2.24) is 0 Å². The molecule has 0 unspecified atom stereocenters. The lowest BCUT2D eigenvalue weighted by Crippen LogP contribution is -2.03. The largest absolute Gasteiger partial charge is 0.492 e. The van der Waals surface area contributed by atoms with Gasteiger partial charge in [0.15, 0.2) is 0 Å². The van der Waals surface area contributed by atoms with Gasteiger partial charge in [-0.15, -0.1) is 0 Å². The monoisotopic (exact) mass is 532 g/mol. The molecule has 0 spiro atoms. The standard InChI is InChI=1S/C23H34Br2O4/c1-3-4-5-10-13-28-22-16-21(25)23(17-20(22)24)29-14-11-8-6-7-9-12-19(27)15-18(2)26/h16-17H,3-15H2,1-2H3. The molecular weight excluding hydrogens is 500 g/mol. The second kappa shape index (κ2) is 15.9. The molecule has 0 aliphatic carbocycles. The lowest BCUT2D eigenvalue weighted by atomic mass is 10.1. The summed E-state index contributed by atoms with van der Waals surface area (Å²) in [6, 6.07) is 3.91. The summed E-state index contributed by atoms with van der Waals surface area (Å²) in [6.07, 6.45) is 10.3. The molecule has 164 valence electrons. The number of ketones is 2. The highest BCUT2D eigenvalue weighted by Crippen LogP contribution is 2.36. The van der Waals surface area contributed by atoms with Gasteiger partial charge in [0, 0.05) is 6.42 Å². The molecule has 1 aromatic rings. The molecule has 0 radical (unpaired) electrons. The van der Waals surface area contributed by atoms with Crippen LogP contribution in [0.2, 0.25) is 0 Å². The van der Waals surface area contributed by atoms with E-state index >= 15 is 0 Å². The fourth-order valence-corrected chi connectivity index (χ4v) is 3.82. The quantitative estimate of drug-likeness (QED) is 0.154. The Kier molecular flexibility index (Phi) is 14.3. The molecule has 0 atom stereocenters. The van der Waals surface area contributed by atoms with Gasteiger partial charge in [0.2, 0.25) is 0 Å². The summed E-state index contributed by atoms with van der Waals surface area (Å²) in [5, 5.41) is 0. The number of hydrogen-bond donors (Lipinski definition) is 0. The van der Waals surface area contributed by atoms with Gasteiger partial charge in [0.1, 0.15) is 23.1 Å². The van der Waals surface area contributed by atoms with Gasteiger partial charge in [-0.2, -0.15) is 0 Å². The number of halogens is 2. The van der Waals surface area contributed by atoms with E-state index in [1.165, 1.54) is 26.2 Å². The third-order valence-electron chi connectivity index (χ3n) is 4.55. The summed E-state index contributed by atoms with van der Waals surface area (Å²) >= 11 is 7.13. The molecule has 0 heterocycles. The van der Waals surface area contributed by atoms with E-state index in [1.807, 2.05) is 12.1 Å². The SMILES string of the molecule is CCCCCCOc1cc(Br)c(OCCCCCCCC(=O)CC(C)=O)cc1Br. The van der Waals surface area contributed by atoms with E-state index < -0.39 is 0 Å². The number of carbonyl (C=O) groups is 2. The van der Waals surface area contributed by atoms with E-state index in [4.69, 9.17) is 9.47 Å². The van der Waals surface area contributed by atoms with Crippen LogP contribution in [-0.4, -0.2) is 24.8 Å². The predicted molar refractivity (Wildman–Crippen MR) is 125 cm³/mol. The van der Waals surface area contributed by atoms with Crippen molar-refractivity contribution in [3.8, 4) is 11.5 Å². The van der Waals surface area contributed by atoms with Crippen molar-refractivity contribution in [3.05, 3.63) is 21.1 Å². The molecule has 0 fully saturated rings. The third kappa shape index (κ3) is 12.4. The summed E-state index contributed by atoms with van der Waals surface area (Å²) in [7, 11) is 0. The van der Waals surface area contributed by atoms with Crippen LogP contribution in [-0.2, 0) is 9.59 Å². The van der Waals surface area contributed by atoms with Crippen LogP contribution in [0.15, 0.2) is 21.1 Å². The van der Waals surface area contributed by atoms with E-state index in [1.54, 1.807) is 0 Å². The van der Waals surface area contributed by atoms with Crippen molar-refractivity contribution in [2.45, 2.75) is 84.5 Å². The van der Waals surface area contributed by atoms with E-state index in [9.17, 15) is 9.59 Å². The van der Waals surface area contributed by atoms with Gasteiger partial charge in [-0.05, 0) is 70.2 Å². The minimum atomic E-state index is -0.0449. The third-order valence-corrected chi connectivity index (χ3v) is 5.78. The molecule has 0 aromatic heterocycles. The van der Waals surface area contributed by atoms with E-state index in [2.05, 4.69) is 38.8 Å².